The van der Waals surface area contributed by atoms with Gasteiger partial charge in [0.05, 0.1) is 5.69 Å². The monoisotopic (exact) mass is 195 g/mol. The van der Waals surface area contributed by atoms with Crippen LogP contribution < -0.4 is 0 Å². The van der Waals surface area contributed by atoms with Crippen LogP contribution in [0.4, 0.5) is 0 Å². The van der Waals surface area contributed by atoms with Crippen LogP contribution in [0.5, 0.6) is 0 Å². The van der Waals surface area contributed by atoms with Crippen molar-refractivity contribution in [2.75, 3.05) is 0 Å². The van der Waals surface area contributed by atoms with E-state index in [9.17, 15) is 0 Å². The molecule has 68 valence electrons. The Morgan fingerprint density at radius 3 is 2.69 bits per heavy atom. The summed E-state index contributed by atoms with van der Waals surface area (Å²) in [4.78, 5) is 4.37. The molecule has 2 aromatic heterocycles. The van der Waals surface area contributed by atoms with Gasteiger partial charge in [0.2, 0.25) is 0 Å². The summed E-state index contributed by atoms with van der Waals surface area (Å²) in [6.07, 6.45) is 0. The molecule has 2 rings (SSSR count). The quantitative estimate of drug-likeness (QED) is 0.604. The summed E-state index contributed by atoms with van der Waals surface area (Å²) in [5.74, 6) is 0. The molecule has 0 saturated heterocycles. The molecule has 0 radical (unpaired) electrons. The van der Waals surface area contributed by atoms with Gasteiger partial charge in [0.15, 0.2) is 5.65 Å². The molecule has 3 nitrogen and oxygen atoms in total. The van der Waals surface area contributed by atoms with Gasteiger partial charge in [-0.2, -0.15) is 5.10 Å². The SMILES string of the molecule is Cc1cc2nc(C)c(C)c(Cl)n2n1. The molecular formula is C9H10ClN3. The van der Waals surface area contributed by atoms with Crippen molar-refractivity contribution in [3.05, 3.63) is 28.2 Å². The van der Waals surface area contributed by atoms with E-state index >= 15 is 0 Å². The highest BCUT2D eigenvalue weighted by Gasteiger charge is 2.08. The van der Waals surface area contributed by atoms with E-state index < -0.39 is 0 Å². The lowest BCUT2D eigenvalue weighted by molar-refractivity contribution is 0.898. The first-order valence-electron chi connectivity index (χ1n) is 4.08. The summed E-state index contributed by atoms with van der Waals surface area (Å²) in [5.41, 5.74) is 3.68. The Balaban J connectivity index is 2.92. The van der Waals surface area contributed by atoms with Gasteiger partial charge in [-0.3, -0.25) is 0 Å². The molecule has 0 bridgehead atoms. The lowest BCUT2D eigenvalue weighted by atomic mass is 10.3. The Morgan fingerprint density at radius 1 is 1.31 bits per heavy atom. The fraction of sp³-hybridized carbons (Fsp3) is 0.333. The van der Waals surface area contributed by atoms with Gasteiger partial charge < -0.3 is 0 Å². The minimum Gasteiger partial charge on any atom is -0.233 e. The average Bonchev–Trinajstić information content (AvgIpc) is 2.42. The van der Waals surface area contributed by atoms with Crippen molar-refractivity contribution in [1.82, 2.24) is 14.6 Å². The van der Waals surface area contributed by atoms with E-state index in [0.29, 0.717) is 5.15 Å². The molecule has 0 spiro atoms. The summed E-state index contributed by atoms with van der Waals surface area (Å²) in [6, 6.07) is 1.92. The molecule has 4 heteroatoms. The van der Waals surface area contributed by atoms with Crippen LogP contribution in [-0.4, -0.2) is 14.6 Å². The Kier molecular flexibility index (Phi) is 1.77. The van der Waals surface area contributed by atoms with Gasteiger partial charge in [-0.15, -0.1) is 0 Å². The van der Waals surface area contributed by atoms with Gasteiger partial charge in [0.25, 0.3) is 0 Å². The van der Waals surface area contributed by atoms with Crippen molar-refractivity contribution in [3.63, 3.8) is 0 Å². The predicted molar refractivity (Wildman–Crippen MR) is 52.2 cm³/mol. The zero-order chi connectivity index (χ0) is 9.59. The Bertz CT molecular complexity index is 473. The van der Waals surface area contributed by atoms with Gasteiger partial charge in [-0.05, 0) is 20.8 Å². The first-order chi connectivity index (χ1) is 6.09. The van der Waals surface area contributed by atoms with E-state index in [1.54, 1.807) is 4.52 Å². The standard InChI is InChI=1S/C9H10ClN3/c1-5-4-8-11-7(3)6(2)9(10)13(8)12-5/h4H,1-3H3. The molecule has 0 aliphatic rings. The molecule has 0 unspecified atom stereocenters. The average molecular weight is 196 g/mol. The largest absolute Gasteiger partial charge is 0.233 e. The second-order valence-corrected chi connectivity index (χ2v) is 3.53. The van der Waals surface area contributed by atoms with Gasteiger partial charge in [-0.1, -0.05) is 11.6 Å². The highest BCUT2D eigenvalue weighted by Crippen LogP contribution is 2.19. The molecule has 0 aliphatic carbocycles. The molecule has 0 N–H and O–H groups in total. The summed E-state index contributed by atoms with van der Waals surface area (Å²) in [7, 11) is 0. The number of hydrogen-bond donors (Lipinski definition) is 0. The topological polar surface area (TPSA) is 30.2 Å². The third-order valence-electron chi connectivity index (χ3n) is 2.13. The van der Waals surface area contributed by atoms with E-state index in [4.69, 9.17) is 11.6 Å². The highest BCUT2D eigenvalue weighted by molar-refractivity contribution is 6.30. The maximum absolute atomic E-state index is 6.11. The minimum atomic E-state index is 0.649. The third-order valence-corrected chi connectivity index (χ3v) is 2.58. The Morgan fingerprint density at radius 2 is 2.00 bits per heavy atom. The summed E-state index contributed by atoms with van der Waals surface area (Å²) >= 11 is 6.11. The highest BCUT2D eigenvalue weighted by atomic mass is 35.5. The molecule has 0 atom stereocenters. The van der Waals surface area contributed by atoms with Gasteiger partial charge >= 0.3 is 0 Å². The van der Waals surface area contributed by atoms with Gasteiger partial charge in [0.1, 0.15) is 5.15 Å². The molecule has 2 aromatic rings. The van der Waals surface area contributed by atoms with Crippen LogP contribution in [-0.2, 0) is 0 Å². The van der Waals surface area contributed by atoms with Crippen molar-refractivity contribution < 1.29 is 0 Å². The first-order valence-corrected chi connectivity index (χ1v) is 4.46. The molecular weight excluding hydrogens is 186 g/mol. The molecule has 0 aliphatic heterocycles. The zero-order valence-corrected chi connectivity index (χ0v) is 8.55. The molecule has 0 saturated carbocycles. The lowest BCUT2D eigenvalue weighted by Crippen LogP contribution is -1.98. The first kappa shape index (κ1) is 8.51. The van der Waals surface area contributed by atoms with E-state index in [0.717, 1.165) is 22.6 Å². The van der Waals surface area contributed by atoms with E-state index in [1.165, 1.54) is 0 Å². The smallest absolute Gasteiger partial charge is 0.157 e. The summed E-state index contributed by atoms with van der Waals surface area (Å²) in [5, 5.41) is 4.89. The third kappa shape index (κ3) is 1.20. The van der Waals surface area contributed by atoms with Gasteiger partial charge in [-0.25, -0.2) is 9.50 Å². The number of fused-ring (bicyclic) bond motifs is 1. The Labute approximate surface area is 81.4 Å². The van der Waals surface area contributed by atoms with Crippen LogP contribution in [0.15, 0.2) is 6.07 Å². The van der Waals surface area contributed by atoms with Crippen molar-refractivity contribution >= 4 is 17.2 Å². The normalized spacial score (nSPS) is 11.1. The number of hydrogen-bond acceptors (Lipinski definition) is 2. The maximum atomic E-state index is 6.11. The predicted octanol–water partition coefficient (Wildman–Crippen LogP) is 2.31. The maximum Gasteiger partial charge on any atom is 0.157 e. The number of rotatable bonds is 0. The molecule has 13 heavy (non-hydrogen) atoms. The van der Waals surface area contributed by atoms with Crippen LogP contribution in [0.1, 0.15) is 17.0 Å². The fourth-order valence-corrected chi connectivity index (χ4v) is 1.53. The number of aryl methyl sites for hydroxylation is 2. The molecule has 0 aromatic carbocycles. The van der Waals surface area contributed by atoms with Crippen molar-refractivity contribution in [3.8, 4) is 0 Å². The summed E-state index contributed by atoms with van der Waals surface area (Å²) < 4.78 is 1.67. The fourth-order valence-electron chi connectivity index (χ4n) is 1.27. The van der Waals surface area contributed by atoms with Crippen molar-refractivity contribution in [2.45, 2.75) is 20.8 Å². The van der Waals surface area contributed by atoms with Crippen molar-refractivity contribution in [1.29, 1.82) is 0 Å². The van der Waals surface area contributed by atoms with Crippen LogP contribution in [0.2, 0.25) is 5.15 Å². The molecule has 0 fully saturated rings. The van der Waals surface area contributed by atoms with Crippen LogP contribution in [0, 0.1) is 20.8 Å². The number of halogens is 1. The molecule has 0 amide bonds. The molecule has 2 heterocycles. The number of nitrogens with zero attached hydrogens (tertiary/aromatic N) is 3. The van der Waals surface area contributed by atoms with Crippen molar-refractivity contribution in [2.24, 2.45) is 0 Å². The van der Waals surface area contributed by atoms with E-state index in [1.807, 2.05) is 26.8 Å². The van der Waals surface area contributed by atoms with Crippen LogP contribution in [0.25, 0.3) is 5.65 Å². The van der Waals surface area contributed by atoms with Gasteiger partial charge in [0, 0.05) is 17.3 Å². The van der Waals surface area contributed by atoms with Crippen LogP contribution in [0.3, 0.4) is 0 Å². The zero-order valence-electron chi connectivity index (χ0n) is 7.80. The van der Waals surface area contributed by atoms with Crippen LogP contribution >= 0.6 is 11.6 Å². The second kappa shape index (κ2) is 2.70. The Hall–Kier alpha value is -1.09. The number of aromatic nitrogens is 3. The lowest BCUT2D eigenvalue weighted by Gasteiger charge is -2.03. The van der Waals surface area contributed by atoms with E-state index in [-0.39, 0.29) is 0 Å². The van der Waals surface area contributed by atoms with E-state index in [2.05, 4.69) is 10.1 Å². The second-order valence-electron chi connectivity index (χ2n) is 3.17. The summed E-state index contributed by atoms with van der Waals surface area (Å²) in [6.45, 7) is 5.82. The minimum absolute atomic E-state index is 0.649.